The molecule has 0 aliphatic carbocycles. The van der Waals surface area contributed by atoms with Crippen LogP contribution in [0, 0.1) is 10.1 Å². The van der Waals surface area contributed by atoms with Gasteiger partial charge in [0.1, 0.15) is 5.56 Å². The first-order valence-electron chi connectivity index (χ1n) is 9.26. The van der Waals surface area contributed by atoms with E-state index in [1.807, 2.05) is 0 Å². The molecule has 3 aromatic rings. The average molecular weight is 470 g/mol. The Morgan fingerprint density at radius 2 is 1.62 bits per heavy atom. The number of nitro groups is 1. The minimum absolute atomic E-state index is 0.155. The van der Waals surface area contributed by atoms with Crippen LogP contribution in [0.4, 0.5) is 5.69 Å². The molecule has 1 aliphatic heterocycles. The van der Waals surface area contributed by atoms with E-state index in [0.717, 1.165) is 11.1 Å². The summed E-state index contributed by atoms with van der Waals surface area (Å²) in [5, 5.41) is 13.7. The summed E-state index contributed by atoms with van der Waals surface area (Å²) in [6.45, 7) is -0.222. The van der Waals surface area contributed by atoms with Crippen LogP contribution in [0.3, 0.4) is 0 Å². The van der Waals surface area contributed by atoms with Crippen molar-refractivity contribution in [1.82, 2.24) is 10.0 Å². The van der Waals surface area contributed by atoms with Crippen molar-refractivity contribution in [2.45, 2.75) is 6.54 Å². The highest BCUT2D eigenvalue weighted by atomic mass is 35.5. The number of imide groups is 1. The van der Waals surface area contributed by atoms with E-state index in [1.54, 1.807) is 24.3 Å². The zero-order valence-corrected chi connectivity index (χ0v) is 17.7. The highest BCUT2D eigenvalue weighted by molar-refractivity contribution is 6.31. The highest BCUT2D eigenvalue weighted by Crippen LogP contribution is 2.33. The van der Waals surface area contributed by atoms with Crippen LogP contribution < -0.4 is 0 Å². The van der Waals surface area contributed by atoms with Crippen LogP contribution in [-0.4, -0.2) is 32.7 Å². The molecule has 32 heavy (non-hydrogen) atoms. The summed E-state index contributed by atoms with van der Waals surface area (Å²) in [5.74, 6) is -2.49. The SMILES string of the molecule is O=C(c1ccc(Cl)cc1)N(Cc1ccccc1Cl)N1C(=O)c2cccc([N+](=O)[O-])c2C1=O. The molecular formula is C22H13Cl2N3O5. The number of hydrogen-bond donors (Lipinski definition) is 0. The van der Waals surface area contributed by atoms with Crippen molar-refractivity contribution in [3.63, 3.8) is 0 Å². The van der Waals surface area contributed by atoms with Crippen molar-refractivity contribution >= 4 is 46.6 Å². The largest absolute Gasteiger partial charge is 0.287 e. The minimum atomic E-state index is -0.966. The van der Waals surface area contributed by atoms with Crippen molar-refractivity contribution < 1.29 is 19.3 Å². The zero-order valence-electron chi connectivity index (χ0n) is 16.2. The number of halogens is 2. The second-order valence-corrected chi connectivity index (χ2v) is 7.68. The third-order valence-corrected chi connectivity index (χ3v) is 5.53. The first-order chi connectivity index (χ1) is 15.3. The standard InChI is InChI=1S/C22H13Cl2N3O5/c23-15-10-8-13(9-11-15)20(28)25(12-14-4-1-2-6-17(14)24)26-21(29)16-5-3-7-18(27(31)32)19(16)22(26)30/h1-11H,12H2. The minimum Gasteiger partial charge on any atom is -0.267 e. The molecule has 4 rings (SSSR count). The Balaban J connectivity index is 1.82. The van der Waals surface area contributed by atoms with E-state index < -0.39 is 28.3 Å². The molecule has 0 radical (unpaired) electrons. The molecule has 0 fully saturated rings. The van der Waals surface area contributed by atoms with E-state index in [1.165, 1.54) is 36.4 Å². The van der Waals surface area contributed by atoms with Gasteiger partial charge in [-0.3, -0.25) is 24.5 Å². The van der Waals surface area contributed by atoms with Crippen molar-refractivity contribution in [2.24, 2.45) is 0 Å². The molecule has 3 amide bonds. The molecule has 3 aromatic carbocycles. The number of hydrazine groups is 1. The van der Waals surface area contributed by atoms with Crippen LogP contribution in [0.25, 0.3) is 0 Å². The van der Waals surface area contributed by atoms with Gasteiger partial charge in [-0.2, -0.15) is 5.01 Å². The van der Waals surface area contributed by atoms with Gasteiger partial charge in [0, 0.05) is 21.7 Å². The summed E-state index contributed by atoms with van der Waals surface area (Å²) in [5.41, 5.74) is -0.400. The van der Waals surface area contributed by atoms with Crippen LogP contribution in [0.1, 0.15) is 36.6 Å². The van der Waals surface area contributed by atoms with Crippen molar-refractivity contribution in [3.8, 4) is 0 Å². The van der Waals surface area contributed by atoms with Crippen molar-refractivity contribution in [3.05, 3.63) is 109 Å². The topological polar surface area (TPSA) is 101 Å². The second-order valence-electron chi connectivity index (χ2n) is 6.84. The molecule has 8 nitrogen and oxygen atoms in total. The van der Waals surface area contributed by atoms with Gasteiger partial charge in [-0.05, 0) is 42.0 Å². The number of nitro benzene ring substituents is 1. The summed E-state index contributed by atoms with van der Waals surface area (Å²) >= 11 is 12.1. The van der Waals surface area contributed by atoms with E-state index in [4.69, 9.17) is 23.2 Å². The third kappa shape index (κ3) is 3.70. The molecule has 0 aromatic heterocycles. The number of rotatable bonds is 5. The van der Waals surface area contributed by atoms with Crippen LogP contribution in [0.5, 0.6) is 0 Å². The Kier molecular flexibility index (Phi) is 5.65. The number of amides is 3. The monoisotopic (exact) mass is 469 g/mol. The molecule has 0 spiro atoms. The summed E-state index contributed by atoms with van der Waals surface area (Å²) in [7, 11) is 0. The van der Waals surface area contributed by atoms with Gasteiger partial charge in [0.2, 0.25) is 0 Å². The van der Waals surface area contributed by atoms with Gasteiger partial charge in [-0.1, -0.05) is 47.5 Å². The summed E-state index contributed by atoms with van der Waals surface area (Å²) < 4.78 is 0. The number of fused-ring (bicyclic) bond motifs is 1. The van der Waals surface area contributed by atoms with Gasteiger partial charge in [0.15, 0.2) is 0 Å². The van der Waals surface area contributed by atoms with E-state index >= 15 is 0 Å². The molecule has 1 aliphatic rings. The van der Waals surface area contributed by atoms with E-state index in [9.17, 15) is 24.5 Å². The Hall–Kier alpha value is -3.75. The highest BCUT2D eigenvalue weighted by Gasteiger charge is 2.45. The van der Waals surface area contributed by atoms with Gasteiger partial charge >= 0.3 is 0 Å². The lowest BCUT2D eigenvalue weighted by Crippen LogP contribution is -2.49. The third-order valence-electron chi connectivity index (χ3n) is 4.91. The molecule has 160 valence electrons. The fourth-order valence-corrected chi connectivity index (χ4v) is 3.71. The molecule has 0 saturated heterocycles. The fourth-order valence-electron chi connectivity index (χ4n) is 3.39. The van der Waals surface area contributed by atoms with Gasteiger partial charge in [-0.15, -0.1) is 0 Å². The summed E-state index contributed by atoms with van der Waals surface area (Å²) in [6.07, 6.45) is 0. The Morgan fingerprint density at radius 1 is 0.938 bits per heavy atom. The zero-order chi connectivity index (χ0) is 23.0. The predicted octanol–water partition coefficient (Wildman–Crippen LogP) is 4.76. The van der Waals surface area contributed by atoms with Crippen LogP contribution in [0.2, 0.25) is 10.0 Å². The average Bonchev–Trinajstić information content (AvgIpc) is 3.03. The molecule has 1 heterocycles. The number of hydrogen-bond acceptors (Lipinski definition) is 5. The normalized spacial score (nSPS) is 12.6. The number of benzene rings is 3. The van der Waals surface area contributed by atoms with Crippen molar-refractivity contribution in [1.29, 1.82) is 0 Å². The molecule has 0 unspecified atom stereocenters. The predicted molar refractivity (Wildman–Crippen MR) is 116 cm³/mol. The maximum Gasteiger partial charge on any atom is 0.287 e. The van der Waals surface area contributed by atoms with E-state index in [2.05, 4.69) is 0 Å². The number of carbonyl (C=O) groups excluding carboxylic acids is 3. The first-order valence-corrected chi connectivity index (χ1v) is 10.0. The Morgan fingerprint density at radius 3 is 2.28 bits per heavy atom. The smallest absolute Gasteiger partial charge is 0.267 e. The summed E-state index contributed by atoms with van der Waals surface area (Å²) in [6, 6.07) is 16.3. The van der Waals surface area contributed by atoms with Crippen LogP contribution in [0.15, 0.2) is 66.7 Å². The maximum absolute atomic E-state index is 13.4. The van der Waals surface area contributed by atoms with Crippen LogP contribution >= 0.6 is 23.2 Å². The molecule has 0 N–H and O–H groups in total. The van der Waals surface area contributed by atoms with E-state index in [-0.39, 0.29) is 23.2 Å². The number of nitrogens with zero attached hydrogens (tertiary/aromatic N) is 3. The molecule has 0 atom stereocenters. The lowest BCUT2D eigenvalue weighted by Gasteiger charge is -2.30. The molecule has 0 bridgehead atoms. The second kappa shape index (κ2) is 8.41. The molecule has 0 saturated carbocycles. The quantitative estimate of drug-likeness (QED) is 0.304. The van der Waals surface area contributed by atoms with Gasteiger partial charge in [0.25, 0.3) is 23.4 Å². The van der Waals surface area contributed by atoms with Gasteiger partial charge < -0.3 is 0 Å². The lowest BCUT2D eigenvalue weighted by atomic mass is 10.1. The molecule has 10 heteroatoms. The van der Waals surface area contributed by atoms with Gasteiger partial charge in [-0.25, -0.2) is 5.01 Å². The van der Waals surface area contributed by atoms with Gasteiger partial charge in [0.05, 0.1) is 17.0 Å². The Bertz CT molecular complexity index is 1280. The Labute approximate surface area is 191 Å². The first kappa shape index (κ1) is 21.5. The molecular weight excluding hydrogens is 457 g/mol. The van der Waals surface area contributed by atoms with E-state index in [0.29, 0.717) is 20.6 Å². The lowest BCUT2D eigenvalue weighted by molar-refractivity contribution is -0.385. The van der Waals surface area contributed by atoms with Crippen molar-refractivity contribution in [2.75, 3.05) is 0 Å². The fraction of sp³-hybridized carbons (Fsp3) is 0.0455. The van der Waals surface area contributed by atoms with Crippen LogP contribution in [-0.2, 0) is 6.54 Å². The summed E-state index contributed by atoms with van der Waals surface area (Å²) in [4.78, 5) is 50.4. The maximum atomic E-state index is 13.4. The number of carbonyl (C=O) groups is 3.